The molecule has 5 nitrogen and oxygen atoms in total. The normalized spacial score (nSPS) is 11.7. The number of aromatic nitrogens is 1. The van der Waals surface area contributed by atoms with Gasteiger partial charge in [0.2, 0.25) is 5.96 Å². The van der Waals surface area contributed by atoms with Crippen LogP contribution in [0.15, 0.2) is 23.5 Å². The van der Waals surface area contributed by atoms with Gasteiger partial charge in [0, 0.05) is 12.2 Å². The second kappa shape index (κ2) is 5.31. The number of aryl methyl sites for hydroxylation is 1. The van der Waals surface area contributed by atoms with Gasteiger partial charge in [-0.1, -0.05) is 0 Å². The van der Waals surface area contributed by atoms with Crippen molar-refractivity contribution in [3.63, 3.8) is 0 Å². The Labute approximate surface area is 89.8 Å². The Kier molecular flexibility index (Phi) is 4.05. The molecule has 82 valence electrons. The third kappa shape index (κ3) is 3.55. The van der Waals surface area contributed by atoms with Crippen molar-refractivity contribution in [2.45, 2.75) is 26.8 Å². The van der Waals surface area contributed by atoms with Gasteiger partial charge in [-0.05, 0) is 32.4 Å². The van der Waals surface area contributed by atoms with E-state index < -0.39 is 0 Å². The number of nitrogens with one attached hydrogen (secondary N) is 2. The van der Waals surface area contributed by atoms with E-state index in [4.69, 9.17) is 5.84 Å². The number of nitrogens with zero attached hydrogens (tertiary/aromatic N) is 2. The van der Waals surface area contributed by atoms with Gasteiger partial charge >= 0.3 is 0 Å². The number of anilines is 1. The molecule has 0 saturated heterocycles. The van der Waals surface area contributed by atoms with E-state index in [2.05, 4.69) is 20.7 Å². The predicted octanol–water partition coefficient (Wildman–Crippen LogP) is 1.03. The maximum Gasteiger partial charge on any atom is 0.210 e. The molecule has 0 bridgehead atoms. The van der Waals surface area contributed by atoms with Crippen LogP contribution in [0.4, 0.5) is 5.69 Å². The van der Waals surface area contributed by atoms with Gasteiger partial charge in [0.05, 0.1) is 11.9 Å². The van der Waals surface area contributed by atoms with E-state index in [9.17, 15) is 0 Å². The number of guanidine groups is 1. The lowest BCUT2D eigenvalue weighted by Gasteiger charge is -2.11. The molecule has 4 N–H and O–H groups in total. The summed E-state index contributed by atoms with van der Waals surface area (Å²) in [4.78, 5) is 8.30. The molecule has 0 amide bonds. The topological polar surface area (TPSA) is 75.3 Å². The summed E-state index contributed by atoms with van der Waals surface area (Å²) in [6, 6.07) is 2.10. The summed E-state index contributed by atoms with van der Waals surface area (Å²) < 4.78 is 0. The van der Waals surface area contributed by atoms with Crippen molar-refractivity contribution in [3.8, 4) is 0 Å². The Morgan fingerprint density at radius 1 is 1.53 bits per heavy atom. The molecule has 1 aromatic rings. The molecular weight excluding hydrogens is 190 g/mol. The Morgan fingerprint density at radius 2 is 2.27 bits per heavy atom. The van der Waals surface area contributed by atoms with E-state index in [0.717, 1.165) is 11.3 Å². The highest BCUT2D eigenvalue weighted by Gasteiger charge is 2.01. The van der Waals surface area contributed by atoms with Crippen LogP contribution >= 0.6 is 0 Å². The van der Waals surface area contributed by atoms with Crippen LogP contribution < -0.4 is 16.6 Å². The molecule has 0 radical (unpaired) electrons. The summed E-state index contributed by atoms with van der Waals surface area (Å²) in [5.41, 5.74) is 4.51. The van der Waals surface area contributed by atoms with Gasteiger partial charge < -0.3 is 5.32 Å². The lowest BCUT2D eigenvalue weighted by molar-refractivity contribution is 0.818. The van der Waals surface area contributed by atoms with E-state index in [1.54, 1.807) is 12.4 Å². The highest BCUT2D eigenvalue weighted by atomic mass is 15.3. The fraction of sp³-hybridized carbons (Fsp3) is 0.400. The van der Waals surface area contributed by atoms with E-state index in [0.29, 0.717) is 5.96 Å². The molecule has 0 aliphatic heterocycles. The molecule has 0 spiro atoms. The first kappa shape index (κ1) is 11.5. The number of aliphatic imine (C=N–C) groups is 1. The van der Waals surface area contributed by atoms with Gasteiger partial charge in [0.1, 0.15) is 0 Å². The summed E-state index contributed by atoms with van der Waals surface area (Å²) in [5, 5.41) is 3.08. The van der Waals surface area contributed by atoms with Gasteiger partial charge in [0.25, 0.3) is 0 Å². The van der Waals surface area contributed by atoms with Crippen LogP contribution in [0.3, 0.4) is 0 Å². The van der Waals surface area contributed by atoms with E-state index in [1.165, 1.54) is 0 Å². The maximum atomic E-state index is 5.36. The first-order valence-electron chi connectivity index (χ1n) is 4.85. The molecule has 0 fully saturated rings. The zero-order valence-electron chi connectivity index (χ0n) is 9.28. The number of hydrazine groups is 1. The maximum absolute atomic E-state index is 5.36. The molecule has 0 aliphatic rings. The Hall–Kier alpha value is -1.62. The lowest BCUT2D eigenvalue weighted by Crippen LogP contribution is -2.37. The van der Waals surface area contributed by atoms with Crippen molar-refractivity contribution in [1.82, 2.24) is 10.4 Å². The number of pyridine rings is 1. The highest BCUT2D eigenvalue weighted by Crippen LogP contribution is 2.10. The first-order chi connectivity index (χ1) is 7.13. The quantitative estimate of drug-likeness (QED) is 0.293. The van der Waals surface area contributed by atoms with Crippen molar-refractivity contribution in [3.05, 3.63) is 24.0 Å². The summed E-state index contributed by atoms with van der Waals surface area (Å²) in [6.07, 6.45) is 3.48. The number of nitrogens with two attached hydrogens (primary N) is 1. The molecule has 0 atom stereocenters. The predicted molar refractivity (Wildman–Crippen MR) is 62.5 cm³/mol. The van der Waals surface area contributed by atoms with Crippen molar-refractivity contribution in [2.75, 3.05) is 5.32 Å². The second-order valence-electron chi connectivity index (χ2n) is 3.53. The van der Waals surface area contributed by atoms with Crippen LogP contribution in [0.1, 0.15) is 19.4 Å². The van der Waals surface area contributed by atoms with Crippen molar-refractivity contribution < 1.29 is 0 Å². The van der Waals surface area contributed by atoms with Gasteiger partial charge in [-0.25, -0.2) is 10.8 Å². The van der Waals surface area contributed by atoms with Gasteiger partial charge in [-0.2, -0.15) is 0 Å². The Balaban J connectivity index is 2.80. The van der Waals surface area contributed by atoms with E-state index in [-0.39, 0.29) is 6.04 Å². The monoisotopic (exact) mass is 207 g/mol. The van der Waals surface area contributed by atoms with Gasteiger partial charge in [-0.3, -0.25) is 10.4 Å². The molecular formula is C10H17N5. The standard InChI is InChI=1S/C10H17N5/c1-7(2)13-10(15-11)14-9-6-12-5-4-8(9)3/h4-7H,11H2,1-3H3,(H2,13,14,15). The van der Waals surface area contributed by atoms with Gasteiger partial charge in [0.15, 0.2) is 0 Å². The third-order valence-electron chi connectivity index (χ3n) is 1.82. The van der Waals surface area contributed by atoms with Crippen LogP contribution in [-0.4, -0.2) is 17.0 Å². The van der Waals surface area contributed by atoms with Crippen LogP contribution in [0.25, 0.3) is 0 Å². The van der Waals surface area contributed by atoms with Crippen molar-refractivity contribution in [1.29, 1.82) is 0 Å². The molecule has 0 saturated carbocycles. The van der Waals surface area contributed by atoms with Crippen LogP contribution in [0.2, 0.25) is 0 Å². The fourth-order valence-corrected chi connectivity index (χ4v) is 1.09. The highest BCUT2D eigenvalue weighted by molar-refractivity contribution is 5.93. The lowest BCUT2D eigenvalue weighted by atomic mass is 10.2. The molecule has 1 heterocycles. The van der Waals surface area contributed by atoms with Gasteiger partial charge in [-0.15, -0.1) is 0 Å². The molecule has 0 unspecified atom stereocenters. The van der Waals surface area contributed by atoms with Crippen LogP contribution in [0.5, 0.6) is 0 Å². The zero-order chi connectivity index (χ0) is 11.3. The Bertz CT molecular complexity index is 345. The van der Waals surface area contributed by atoms with Crippen molar-refractivity contribution in [2.24, 2.45) is 10.8 Å². The van der Waals surface area contributed by atoms with Crippen LogP contribution in [-0.2, 0) is 0 Å². The van der Waals surface area contributed by atoms with Crippen molar-refractivity contribution >= 4 is 11.6 Å². The minimum absolute atomic E-state index is 0.181. The zero-order valence-corrected chi connectivity index (χ0v) is 9.28. The molecule has 0 aliphatic carbocycles. The second-order valence-corrected chi connectivity index (χ2v) is 3.53. The molecule has 1 aromatic heterocycles. The average molecular weight is 207 g/mol. The van der Waals surface area contributed by atoms with Crippen LogP contribution in [0, 0.1) is 6.92 Å². The smallest absolute Gasteiger partial charge is 0.210 e. The largest absolute Gasteiger partial charge is 0.324 e. The summed E-state index contributed by atoms with van der Waals surface area (Å²) in [6.45, 7) is 5.96. The molecule has 15 heavy (non-hydrogen) atoms. The number of hydrogen-bond acceptors (Lipinski definition) is 3. The minimum Gasteiger partial charge on any atom is -0.324 e. The molecule has 0 aromatic carbocycles. The molecule has 5 heteroatoms. The average Bonchev–Trinajstić information content (AvgIpc) is 2.19. The number of rotatable bonds is 2. The van der Waals surface area contributed by atoms with E-state index in [1.807, 2.05) is 26.8 Å². The van der Waals surface area contributed by atoms with E-state index >= 15 is 0 Å². The molecule has 1 rings (SSSR count). The summed E-state index contributed by atoms with van der Waals surface area (Å²) >= 11 is 0. The SMILES string of the molecule is Cc1ccncc1NC(=NC(C)C)NN. The third-order valence-corrected chi connectivity index (χ3v) is 1.82. The summed E-state index contributed by atoms with van der Waals surface area (Å²) in [5.74, 6) is 5.90. The first-order valence-corrected chi connectivity index (χ1v) is 4.85. The Morgan fingerprint density at radius 3 is 2.80 bits per heavy atom. The summed E-state index contributed by atoms with van der Waals surface area (Å²) in [7, 11) is 0. The number of hydrogen-bond donors (Lipinski definition) is 3. The fourth-order valence-electron chi connectivity index (χ4n) is 1.09. The minimum atomic E-state index is 0.181.